The molecule has 0 atom stereocenters. The van der Waals surface area contributed by atoms with E-state index in [1.54, 1.807) is 11.8 Å². The van der Waals surface area contributed by atoms with Crippen LogP contribution in [0.2, 0.25) is 0 Å². The van der Waals surface area contributed by atoms with E-state index in [0.29, 0.717) is 5.39 Å². The van der Waals surface area contributed by atoms with Gasteiger partial charge in [-0.2, -0.15) is 4.98 Å². The van der Waals surface area contributed by atoms with Crippen molar-refractivity contribution in [2.45, 2.75) is 18.2 Å². The number of hydrogen-bond acceptors (Lipinski definition) is 3. The quantitative estimate of drug-likeness (QED) is 0.808. The van der Waals surface area contributed by atoms with Crippen LogP contribution in [-0.2, 0) is 0 Å². The average molecular weight is 220 g/mol. The molecule has 0 unspecified atom stereocenters. The Kier molecular flexibility index (Phi) is 3.06. The van der Waals surface area contributed by atoms with Crippen molar-refractivity contribution in [2.75, 3.05) is 5.75 Å². The van der Waals surface area contributed by atoms with Crippen molar-refractivity contribution < 1.29 is 0 Å². The minimum absolute atomic E-state index is 0.171. The van der Waals surface area contributed by atoms with E-state index in [4.69, 9.17) is 0 Å². The second-order valence-electron chi connectivity index (χ2n) is 3.26. The lowest BCUT2D eigenvalue weighted by Gasteiger charge is -2.01. The zero-order valence-corrected chi connectivity index (χ0v) is 9.30. The highest BCUT2D eigenvalue weighted by molar-refractivity contribution is 7.99. The summed E-state index contributed by atoms with van der Waals surface area (Å²) < 4.78 is 0. The second-order valence-corrected chi connectivity index (χ2v) is 4.43. The molecule has 0 amide bonds. The van der Waals surface area contributed by atoms with Gasteiger partial charge in [0, 0.05) is 4.90 Å². The van der Waals surface area contributed by atoms with Crippen LogP contribution < -0.4 is 5.56 Å². The maximum Gasteiger partial charge on any atom is 0.280 e. The van der Waals surface area contributed by atoms with Gasteiger partial charge in [-0.3, -0.25) is 4.79 Å². The first-order valence-corrected chi connectivity index (χ1v) is 5.90. The van der Waals surface area contributed by atoms with Crippen LogP contribution >= 0.6 is 11.8 Å². The van der Waals surface area contributed by atoms with Crippen molar-refractivity contribution in [3.8, 4) is 0 Å². The Balaban J connectivity index is 2.43. The topological polar surface area (TPSA) is 45.8 Å². The first kappa shape index (κ1) is 10.2. The second kappa shape index (κ2) is 4.49. The summed E-state index contributed by atoms with van der Waals surface area (Å²) >= 11 is 1.80. The van der Waals surface area contributed by atoms with Crippen LogP contribution in [0.3, 0.4) is 0 Å². The Morgan fingerprint density at radius 3 is 3.13 bits per heavy atom. The smallest absolute Gasteiger partial charge is 0.280 e. The Bertz CT molecular complexity index is 521. The summed E-state index contributed by atoms with van der Waals surface area (Å²) in [6.07, 6.45) is 2.59. The van der Waals surface area contributed by atoms with Crippen LogP contribution in [0.1, 0.15) is 13.3 Å². The number of nitrogens with zero attached hydrogens (tertiary/aromatic N) is 1. The van der Waals surface area contributed by atoms with E-state index in [1.165, 1.54) is 11.2 Å². The molecule has 1 aromatic carbocycles. The molecule has 0 fully saturated rings. The molecule has 78 valence electrons. The molecule has 0 saturated heterocycles. The number of fused-ring (bicyclic) bond motifs is 1. The van der Waals surface area contributed by atoms with Gasteiger partial charge in [-0.1, -0.05) is 6.92 Å². The van der Waals surface area contributed by atoms with Crippen molar-refractivity contribution >= 4 is 22.7 Å². The van der Waals surface area contributed by atoms with Gasteiger partial charge in [0.1, 0.15) is 0 Å². The van der Waals surface area contributed by atoms with Crippen LogP contribution in [-0.4, -0.2) is 15.7 Å². The van der Waals surface area contributed by atoms with Gasteiger partial charge >= 0.3 is 0 Å². The Labute approximate surface area is 91.9 Å². The minimum atomic E-state index is -0.171. The summed E-state index contributed by atoms with van der Waals surface area (Å²) in [4.78, 5) is 19.2. The number of benzene rings is 1. The molecular weight excluding hydrogens is 208 g/mol. The third kappa shape index (κ3) is 2.21. The molecule has 0 radical (unpaired) electrons. The van der Waals surface area contributed by atoms with Crippen molar-refractivity contribution in [3.63, 3.8) is 0 Å². The monoisotopic (exact) mass is 220 g/mol. The molecule has 1 heterocycles. The number of aromatic amines is 1. The van der Waals surface area contributed by atoms with Crippen molar-refractivity contribution in [2.24, 2.45) is 0 Å². The highest BCUT2D eigenvalue weighted by Gasteiger charge is 2.00. The average Bonchev–Trinajstić information content (AvgIpc) is 2.26. The van der Waals surface area contributed by atoms with Gasteiger partial charge < -0.3 is 4.98 Å². The fourth-order valence-corrected chi connectivity index (χ4v) is 2.17. The minimum Gasteiger partial charge on any atom is -0.346 e. The van der Waals surface area contributed by atoms with E-state index < -0.39 is 0 Å². The zero-order valence-electron chi connectivity index (χ0n) is 8.49. The van der Waals surface area contributed by atoms with E-state index in [1.807, 2.05) is 18.2 Å². The Morgan fingerprint density at radius 2 is 2.33 bits per heavy atom. The summed E-state index contributed by atoms with van der Waals surface area (Å²) in [5.74, 6) is 1.10. The van der Waals surface area contributed by atoms with Gasteiger partial charge in [0.05, 0.1) is 17.2 Å². The summed E-state index contributed by atoms with van der Waals surface area (Å²) in [6.45, 7) is 2.15. The van der Waals surface area contributed by atoms with Crippen LogP contribution in [0.15, 0.2) is 34.2 Å². The van der Waals surface area contributed by atoms with Gasteiger partial charge in [-0.05, 0) is 30.4 Å². The van der Waals surface area contributed by atoms with Gasteiger partial charge in [0.15, 0.2) is 0 Å². The van der Waals surface area contributed by atoms with Crippen molar-refractivity contribution in [1.29, 1.82) is 0 Å². The largest absolute Gasteiger partial charge is 0.346 e. The summed E-state index contributed by atoms with van der Waals surface area (Å²) in [5, 5.41) is 0.651. The predicted molar refractivity (Wildman–Crippen MR) is 63.4 cm³/mol. The molecule has 0 aliphatic heterocycles. The Hall–Kier alpha value is -1.29. The highest BCUT2D eigenvalue weighted by Crippen LogP contribution is 2.21. The molecule has 0 aliphatic rings. The maximum atomic E-state index is 11.4. The van der Waals surface area contributed by atoms with Crippen molar-refractivity contribution in [3.05, 3.63) is 34.9 Å². The zero-order chi connectivity index (χ0) is 10.7. The number of aromatic nitrogens is 2. The molecular formula is C11H12N2OS. The number of hydrogen-bond donors (Lipinski definition) is 1. The lowest BCUT2D eigenvalue weighted by Crippen LogP contribution is -2.05. The highest BCUT2D eigenvalue weighted by atomic mass is 32.2. The Morgan fingerprint density at radius 1 is 1.47 bits per heavy atom. The number of H-pyrrole nitrogens is 1. The molecule has 0 bridgehead atoms. The first-order valence-electron chi connectivity index (χ1n) is 4.91. The van der Waals surface area contributed by atoms with E-state index in [-0.39, 0.29) is 5.56 Å². The maximum absolute atomic E-state index is 11.4. The fraction of sp³-hybridized carbons (Fsp3) is 0.273. The van der Waals surface area contributed by atoms with E-state index in [0.717, 1.165) is 17.7 Å². The van der Waals surface area contributed by atoms with Gasteiger partial charge in [-0.15, -0.1) is 11.8 Å². The lowest BCUT2D eigenvalue weighted by atomic mass is 10.2. The van der Waals surface area contributed by atoms with Gasteiger partial charge in [-0.25, -0.2) is 0 Å². The standard InChI is InChI=1S/C11H12N2OS/c1-2-5-15-8-3-4-9-10(6-8)12-7-13-11(9)14/h3-4,6-7H,2,5H2,1H3,(H,12,13,14). The summed E-state index contributed by atoms with van der Waals surface area (Å²) in [7, 11) is 0. The predicted octanol–water partition coefficient (Wildman–Crippen LogP) is 2.43. The molecule has 1 aromatic heterocycles. The first-order chi connectivity index (χ1) is 7.31. The lowest BCUT2D eigenvalue weighted by molar-refractivity contribution is 1.10. The summed E-state index contributed by atoms with van der Waals surface area (Å²) in [5.41, 5.74) is 0.687. The molecule has 1 N–H and O–H groups in total. The fourth-order valence-electron chi connectivity index (χ4n) is 1.37. The van der Waals surface area contributed by atoms with E-state index in [9.17, 15) is 4.79 Å². The van der Waals surface area contributed by atoms with Gasteiger partial charge in [0.25, 0.3) is 5.56 Å². The molecule has 0 saturated carbocycles. The normalized spacial score (nSPS) is 10.7. The van der Waals surface area contributed by atoms with Crippen molar-refractivity contribution in [1.82, 2.24) is 9.97 Å². The molecule has 2 aromatic rings. The van der Waals surface area contributed by atoms with Crippen LogP contribution in [0, 0.1) is 0 Å². The van der Waals surface area contributed by atoms with Crippen LogP contribution in [0.4, 0.5) is 0 Å². The number of thioether (sulfide) groups is 1. The number of nitrogens with one attached hydrogen (secondary N) is 1. The molecule has 3 nitrogen and oxygen atoms in total. The molecule has 2 rings (SSSR count). The van der Waals surface area contributed by atoms with Crippen LogP contribution in [0.5, 0.6) is 0 Å². The van der Waals surface area contributed by atoms with Crippen LogP contribution in [0.25, 0.3) is 10.9 Å². The molecule has 4 heteroatoms. The number of rotatable bonds is 3. The third-order valence-corrected chi connectivity index (χ3v) is 3.30. The molecule has 15 heavy (non-hydrogen) atoms. The molecule has 0 aliphatic carbocycles. The van der Waals surface area contributed by atoms with E-state index >= 15 is 0 Å². The summed E-state index contributed by atoms with van der Waals surface area (Å²) in [6, 6.07) is 5.80. The SMILES string of the molecule is CCCSc1ccc2c(=O)nc[nH]c2c1. The van der Waals surface area contributed by atoms with E-state index in [2.05, 4.69) is 16.9 Å². The van der Waals surface area contributed by atoms with Gasteiger partial charge in [0.2, 0.25) is 0 Å². The third-order valence-electron chi connectivity index (χ3n) is 2.10. The molecule has 0 spiro atoms.